The number of nitrogens with one attached hydrogen (secondary N) is 1. The van der Waals surface area contributed by atoms with Crippen molar-refractivity contribution in [3.63, 3.8) is 0 Å². The molecule has 0 bridgehead atoms. The maximum absolute atomic E-state index is 11.7. The number of nitrogens with zero attached hydrogens (tertiary/aromatic N) is 3. The van der Waals surface area contributed by atoms with Gasteiger partial charge in [0.25, 0.3) is 0 Å². The first-order chi connectivity index (χ1) is 7.81. The van der Waals surface area contributed by atoms with E-state index in [1.165, 1.54) is 13.2 Å². The zero-order valence-electron chi connectivity index (χ0n) is 8.67. The van der Waals surface area contributed by atoms with E-state index in [0.29, 0.717) is 18.1 Å². The molecule has 82 valence electrons. The third-order valence-corrected chi connectivity index (χ3v) is 2.60. The molecule has 0 radical (unpaired) electrons. The summed E-state index contributed by atoms with van der Waals surface area (Å²) in [6, 6.07) is 1.47. The van der Waals surface area contributed by atoms with E-state index in [1.807, 2.05) is 10.8 Å². The van der Waals surface area contributed by atoms with Gasteiger partial charge in [-0.1, -0.05) is 0 Å². The molecule has 0 saturated carbocycles. The van der Waals surface area contributed by atoms with Crippen molar-refractivity contribution < 1.29 is 4.74 Å². The molecule has 1 aliphatic rings. The van der Waals surface area contributed by atoms with Gasteiger partial charge in [-0.15, -0.1) is 0 Å². The molecule has 0 amide bonds. The van der Waals surface area contributed by atoms with Crippen LogP contribution in [0.3, 0.4) is 0 Å². The molecule has 0 fully saturated rings. The number of rotatable bonds is 1. The Balaban J connectivity index is 2.37. The van der Waals surface area contributed by atoms with Crippen molar-refractivity contribution in [2.45, 2.75) is 6.67 Å². The highest BCUT2D eigenvalue weighted by atomic mass is 16.5. The van der Waals surface area contributed by atoms with E-state index in [0.717, 1.165) is 5.82 Å². The van der Waals surface area contributed by atoms with Gasteiger partial charge in [0, 0.05) is 24.7 Å². The Bertz CT molecular complexity index is 599. The summed E-state index contributed by atoms with van der Waals surface area (Å²) in [5.74, 6) is 1.04. The van der Waals surface area contributed by atoms with Gasteiger partial charge in [0.2, 0.25) is 5.43 Å². The summed E-state index contributed by atoms with van der Waals surface area (Å²) in [4.78, 5) is 15.9. The van der Waals surface area contributed by atoms with Gasteiger partial charge in [-0.05, 0) is 0 Å². The molecule has 6 nitrogen and oxygen atoms in total. The van der Waals surface area contributed by atoms with Crippen molar-refractivity contribution in [1.82, 2.24) is 14.2 Å². The van der Waals surface area contributed by atoms with E-state index in [-0.39, 0.29) is 5.43 Å². The SMILES string of the molecule is COc1c2n(ccc1=O)NCn1ccnc1-2. The number of methoxy groups -OCH3 is 1. The Morgan fingerprint density at radius 2 is 2.38 bits per heavy atom. The lowest BCUT2D eigenvalue weighted by Gasteiger charge is -2.23. The Kier molecular flexibility index (Phi) is 1.76. The largest absolute Gasteiger partial charge is 0.491 e. The molecular weight excluding hydrogens is 208 g/mol. The van der Waals surface area contributed by atoms with Crippen LogP contribution in [0.1, 0.15) is 0 Å². The lowest BCUT2D eigenvalue weighted by molar-refractivity contribution is 0.406. The van der Waals surface area contributed by atoms with Gasteiger partial charge in [0.1, 0.15) is 6.67 Å². The summed E-state index contributed by atoms with van der Waals surface area (Å²) in [6.07, 6.45) is 5.23. The Morgan fingerprint density at radius 3 is 3.19 bits per heavy atom. The topological polar surface area (TPSA) is 61.1 Å². The first-order valence-electron chi connectivity index (χ1n) is 4.86. The fraction of sp³-hybridized carbons (Fsp3) is 0.200. The lowest BCUT2D eigenvalue weighted by atomic mass is 10.3. The predicted octanol–water partition coefficient (Wildman–Crippen LogP) is 0.235. The van der Waals surface area contributed by atoms with E-state index in [1.54, 1.807) is 17.1 Å². The maximum Gasteiger partial charge on any atom is 0.224 e. The van der Waals surface area contributed by atoms with E-state index in [4.69, 9.17) is 4.74 Å². The highest BCUT2D eigenvalue weighted by Gasteiger charge is 2.21. The third kappa shape index (κ3) is 1.06. The van der Waals surface area contributed by atoms with Crippen molar-refractivity contribution in [2.75, 3.05) is 12.5 Å². The van der Waals surface area contributed by atoms with Crippen LogP contribution in [0.25, 0.3) is 11.5 Å². The van der Waals surface area contributed by atoms with E-state index in [2.05, 4.69) is 10.4 Å². The molecule has 0 atom stereocenters. The first kappa shape index (κ1) is 9.02. The van der Waals surface area contributed by atoms with Crippen LogP contribution in [0.4, 0.5) is 0 Å². The van der Waals surface area contributed by atoms with E-state index >= 15 is 0 Å². The molecule has 0 aliphatic carbocycles. The molecule has 3 rings (SSSR count). The van der Waals surface area contributed by atoms with Gasteiger partial charge in [0.05, 0.1) is 7.11 Å². The Labute approximate surface area is 91.1 Å². The van der Waals surface area contributed by atoms with Crippen molar-refractivity contribution in [1.29, 1.82) is 0 Å². The highest BCUT2D eigenvalue weighted by Crippen LogP contribution is 2.26. The second-order valence-electron chi connectivity index (χ2n) is 3.47. The fourth-order valence-corrected chi connectivity index (χ4v) is 1.86. The summed E-state index contributed by atoms with van der Waals surface area (Å²) in [5, 5.41) is 0. The number of hydrogen-bond acceptors (Lipinski definition) is 4. The van der Waals surface area contributed by atoms with Crippen LogP contribution in [-0.4, -0.2) is 21.3 Å². The molecule has 2 aromatic rings. The predicted molar refractivity (Wildman–Crippen MR) is 57.8 cm³/mol. The Morgan fingerprint density at radius 1 is 1.50 bits per heavy atom. The van der Waals surface area contributed by atoms with Crippen molar-refractivity contribution >= 4 is 0 Å². The van der Waals surface area contributed by atoms with E-state index in [9.17, 15) is 4.79 Å². The highest BCUT2D eigenvalue weighted by molar-refractivity contribution is 5.61. The molecule has 16 heavy (non-hydrogen) atoms. The Hall–Kier alpha value is -2.24. The molecule has 0 unspecified atom stereocenters. The van der Waals surface area contributed by atoms with Gasteiger partial charge < -0.3 is 14.7 Å². The van der Waals surface area contributed by atoms with Crippen LogP contribution < -0.4 is 15.6 Å². The van der Waals surface area contributed by atoms with Gasteiger partial charge in [0.15, 0.2) is 17.3 Å². The monoisotopic (exact) mass is 218 g/mol. The van der Waals surface area contributed by atoms with Crippen LogP contribution in [0, 0.1) is 0 Å². The number of fused-ring (bicyclic) bond motifs is 3. The molecule has 6 heteroatoms. The molecule has 0 saturated heterocycles. The number of ether oxygens (including phenoxy) is 1. The standard InChI is InChI=1S/C10H10N4O2/c1-16-9-7(15)2-4-14-8(9)10-11-3-5-13(10)6-12-14/h2-5,12H,6H2,1H3. The zero-order valence-corrected chi connectivity index (χ0v) is 8.67. The fourth-order valence-electron chi connectivity index (χ4n) is 1.86. The maximum atomic E-state index is 11.7. The van der Waals surface area contributed by atoms with Crippen LogP contribution in [0.2, 0.25) is 0 Å². The zero-order chi connectivity index (χ0) is 11.1. The average molecular weight is 218 g/mol. The number of imidazole rings is 1. The normalized spacial score (nSPS) is 12.6. The van der Waals surface area contributed by atoms with Gasteiger partial charge >= 0.3 is 0 Å². The van der Waals surface area contributed by atoms with Crippen molar-refractivity contribution in [3.05, 3.63) is 34.9 Å². The lowest BCUT2D eigenvalue weighted by Crippen LogP contribution is -2.28. The molecule has 1 N–H and O–H groups in total. The smallest absolute Gasteiger partial charge is 0.224 e. The average Bonchev–Trinajstić information content (AvgIpc) is 2.77. The van der Waals surface area contributed by atoms with Crippen LogP contribution in [0.15, 0.2) is 29.5 Å². The molecule has 3 heterocycles. The summed E-state index contributed by atoms with van der Waals surface area (Å²) in [7, 11) is 1.49. The number of aromatic nitrogens is 3. The summed E-state index contributed by atoms with van der Waals surface area (Å²) in [6.45, 7) is 0.619. The second-order valence-corrected chi connectivity index (χ2v) is 3.47. The summed E-state index contributed by atoms with van der Waals surface area (Å²) >= 11 is 0. The second kappa shape index (κ2) is 3.13. The van der Waals surface area contributed by atoms with E-state index < -0.39 is 0 Å². The number of pyridine rings is 1. The van der Waals surface area contributed by atoms with Crippen molar-refractivity contribution in [3.8, 4) is 17.3 Å². The van der Waals surface area contributed by atoms with Crippen LogP contribution >= 0.6 is 0 Å². The number of hydrogen-bond donors (Lipinski definition) is 1. The van der Waals surface area contributed by atoms with Crippen LogP contribution in [0.5, 0.6) is 5.75 Å². The quantitative estimate of drug-likeness (QED) is 0.744. The molecule has 0 spiro atoms. The molecule has 0 aromatic carbocycles. The third-order valence-electron chi connectivity index (χ3n) is 2.60. The molecule has 2 aromatic heterocycles. The van der Waals surface area contributed by atoms with Gasteiger partial charge in [-0.25, -0.2) is 4.98 Å². The minimum absolute atomic E-state index is 0.146. The molecular formula is C10H10N4O2. The minimum Gasteiger partial charge on any atom is -0.491 e. The summed E-state index contributed by atoms with van der Waals surface area (Å²) in [5.41, 5.74) is 3.64. The van der Waals surface area contributed by atoms with Gasteiger partial charge in [-0.2, -0.15) is 0 Å². The summed E-state index contributed by atoms with van der Waals surface area (Å²) < 4.78 is 8.81. The minimum atomic E-state index is -0.146. The molecule has 1 aliphatic heterocycles. The first-order valence-corrected chi connectivity index (χ1v) is 4.86. The van der Waals surface area contributed by atoms with Gasteiger partial charge in [-0.3, -0.25) is 9.47 Å². The van der Waals surface area contributed by atoms with Crippen LogP contribution in [-0.2, 0) is 6.67 Å². The van der Waals surface area contributed by atoms with Crippen molar-refractivity contribution in [2.24, 2.45) is 0 Å².